The lowest BCUT2D eigenvalue weighted by Crippen LogP contribution is -2.37. The van der Waals surface area contributed by atoms with Gasteiger partial charge in [0.2, 0.25) is 15.9 Å². The van der Waals surface area contributed by atoms with E-state index < -0.39 is 10.0 Å². The molecule has 0 radical (unpaired) electrons. The summed E-state index contributed by atoms with van der Waals surface area (Å²) in [5.41, 5.74) is 1.05. The predicted molar refractivity (Wildman–Crippen MR) is 146 cm³/mol. The number of likely N-dealkylation sites (N-methyl/N-ethyl adjacent to an activating group) is 1. The van der Waals surface area contributed by atoms with Crippen molar-refractivity contribution >= 4 is 38.1 Å². The number of ether oxygens (including phenoxy) is 1. The van der Waals surface area contributed by atoms with E-state index in [1.165, 1.54) is 12.3 Å². The molecule has 0 atom stereocenters. The third kappa shape index (κ3) is 6.95. The summed E-state index contributed by atoms with van der Waals surface area (Å²) < 4.78 is 33.7. The van der Waals surface area contributed by atoms with Crippen LogP contribution in [0.3, 0.4) is 0 Å². The van der Waals surface area contributed by atoms with Crippen LogP contribution in [0.15, 0.2) is 90.0 Å². The van der Waals surface area contributed by atoms with Gasteiger partial charge in [0.25, 0.3) is 0 Å². The number of pyridine rings is 1. The molecule has 0 saturated carbocycles. The van der Waals surface area contributed by atoms with E-state index in [9.17, 15) is 8.42 Å². The van der Waals surface area contributed by atoms with E-state index in [1.54, 1.807) is 18.2 Å². The van der Waals surface area contributed by atoms with Crippen molar-refractivity contribution in [1.82, 2.24) is 14.6 Å². The maximum absolute atomic E-state index is 12.7. The molecule has 0 aliphatic rings. The second-order valence-corrected chi connectivity index (χ2v) is 10.4. The molecule has 0 amide bonds. The van der Waals surface area contributed by atoms with Gasteiger partial charge in [-0.1, -0.05) is 54.9 Å². The van der Waals surface area contributed by atoms with Crippen LogP contribution in [0.1, 0.15) is 6.92 Å². The summed E-state index contributed by atoms with van der Waals surface area (Å²) in [6, 6.07) is 24.2. The Morgan fingerprint density at radius 2 is 1.75 bits per heavy atom. The highest BCUT2D eigenvalue weighted by atomic mass is 35.5. The van der Waals surface area contributed by atoms with Crippen molar-refractivity contribution in [2.24, 2.45) is 0 Å². The number of hydrogen-bond donors (Lipinski definition) is 2. The van der Waals surface area contributed by atoms with Crippen LogP contribution in [0, 0.1) is 0 Å². The van der Waals surface area contributed by atoms with E-state index in [1.807, 2.05) is 54.6 Å². The summed E-state index contributed by atoms with van der Waals surface area (Å²) in [4.78, 5) is 6.42. The van der Waals surface area contributed by atoms with Gasteiger partial charge in [-0.15, -0.1) is 0 Å². The Labute approximate surface area is 217 Å². The van der Waals surface area contributed by atoms with Crippen LogP contribution in [-0.4, -0.2) is 51.0 Å². The van der Waals surface area contributed by atoms with Gasteiger partial charge < -0.3 is 15.0 Å². The minimum Gasteiger partial charge on any atom is -0.439 e. The summed E-state index contributed by atoms with van der Waals surface area (Å²) in [5, 5.41) is 6.40. The smallest absolute Gasteiger partial charge is 0.242 e. The molecule has 2 N–H and O–H groups in total. The van der Waals surface area contributed by atoms with E-state index in [-0.39, 0.29) is 4.90 Å². The van der Waals surface area contributed by atoms with E-state index in [4.69, 9.17) is 16.3 Å². The second-order valence-electron chi connectivity index (χ2n) is 8.18. The highest BCUT2D eigenvalue weighted by Gasteiger charge is 2.15. The SMILES string of the molecule is CCN(CCNc1cccc2cc(Cl)ccc12)CCNS(=O)(=O)c1ccc(Oc2ccccc2)nc1. The van der Waals surface area contributed by atoms with E-state index in [0.29, 0.717) is 29.7 Å². The van der Waals surface area contributed by atoms with Gasteiger partial charge in [0, 0.05) is 48.3 Å². The molecule has 4 aromatic rings. The molecule has 0 saturated heterocycles. The lowest BCUT2D eigenvalue weighted by atomic mass is 10.1. The van der Waals surface area contributed by atoms with Gasteiger partial charge in [-0.2, -0.15) is 0 Å². The van der Waals surface area contributed by atoms with Gasteiger partial charge in [-0.05, 0) is 48.3 Å². The third-order valence-corrected chi connectivity index (χ3v) is 7.42. The van der Waals surface area contributed by atoms with Crippen molar-refractivity contribution in [3.05, 3.63) is 90.1 Å². The van der Waals surface area contributed by atoms with Crippen molar-refractivity contribution in [1.29, 1.82) is 0 Å². The Bertz CT molecular complexity index is 1380. The van der Waals surface area contributed by atoms with Gasteiger partial charge in [0.05, 0.1) is 6.20 Å². The molecule has 36 heavy (non-hydrogen) atoms. The summed E-state index contributed by atoms with van der Waals surface area (Å²) in [5.74, 6) is 0.969. The fraction of sp³-hybridized carbons (Fsp3) is 0.222. The molecule has 0 aliphatic carbocycles. The van der Waals surface area contributed by atoms with E-state index >= 15 is 0 Å². The molecule has 1 heterocycles. The van der Waals surface area contributed by atoms with E-state index in [2.05, 4.69) is 26.8 Å². The average Bonchev–Trinajstić information content (AvgIpc) is 2.88. The first-order chi connectivity index (χ1) is 17.4. The largest absolute Gasteiger partial charge is 0.439 e. The molecule has 3 aromatic carbocycles. The molecular formula is C27H29ClN4O3S. The first kappa shape index (κ1) is 25.9. The Hall–Kier alpha value is -3.17. The summed E-state index contributed by atoms with van der Waals surface area (Å²) in [6.07, 6.45) is 1.31. The summed E-state index contributed by atoms with van der Waals surface area (Å²) in [7, 11) is -3.67. The van der Waals surface area contributed by atoms with Crippen molar-refractivity contribution in [3.8, 4) is 11.6 Å². The van der Waals surface area contributed by atoms with Crippen LogP contribution < -0.4 is 14.8 Å². The number of rotatable bonds is 12. The average molecular weight is 525 g/mol. The highest BCUT2D eigenvalue weighted by Crippen LogP contribution is 2.26. The second kappa shape index (κ2) is 12.2. The molecule has 7 nitrogen and oxygen atoms in total. The van der Waals surface area contributed by atoms with Crippen LogP contribution in [-0.2, 0) is 10.0 Å². The van der Waals surface area contributed by atoms with Gasteiger partial charge in [-0.3, -0.25) is 0 Å². The fourth-order valence-corrected chi connectivity index (χ4v) is 4.95. The molecule has 1 aromatic heterocycles. The van der Waals surface area contributed by atoms with Crippen LogP contribution in [0.25, 0.3) is 10.8 Å². The first-order valence-corrected chi connectivity index (χ1v) is 13.6. The summed E-state index contributed by atoms with van der Waals surface area (Å²) in [6.45, 7) is 5.26. The highest BCUT2D eigenvalue weighted by molar-refractivity contribution is 7.89. The number of fused-ring (bicyclic) bond motifs is 1. The number of benzene rings is 3. The van der Waals surface area contributed by atoms with Crippen LogP contribution in [0.2, 0.25) is 5.02 Å². The van der Waals surface area contributed by atoms with Gasteiger partial charge in [0.1, 0.15) is 10.6 Å². The topological polar surface area (TPSA) is 83.6 Å². The van der Waals surface area contributed by atoms with Gasteiger partial charge in [-0.25, -0.2) is 18.1 Å². The number of anilines is 1. The zero-order valence-electron chi connectivity index (χ0n) is 20.0. The lowest BCUT2D eigenvalue weighted by molar-refractivity contribution is 0.304. The Morgan fingerprint density at radius 1 is 0.944 bits per heavy atom. The molecule has 0 aliphatic heterocycles. The maximum atomic E-state index is 12.7. The summed E-state index contributed by atoms with van der Waals surface area (Å²) >= 11 is 6.11. The third-order valence-electron chi connectivity index (χ3n) is 5.74. The monoisotopic (exact) mass is 524 g/mol. The first-order valence-electron chi connectivity index (χ1n) is 11.8. The number of nitrogens with zero attached hydrogens (tertiary/aromatic N) is 2. The molecule has 4 rings (SSSR count). The van der Waals surface area contributed by atoms with Crippen molar-refractivity contribution in [3.63, 3.8) is 0 Å². The number of nitrogens with one attached hydrogen (secondary N) is 2. The molecule has 188 valence electrons. The zero-order chi connectivity index (χ0) is 25.4. The van der Waals surface area contributed by atoms with E-state index in [0.717, 1.165) is 36.1 Å². The lowest BCUT2D eigenvalue weighted by Gasteiger charge is -2.21. The van der Waals surface area contributed by atoms with Gasteiger partial charge in [0.15, 0.2) is 0 Å². The van der Waals surface area contributed by atoms with Crippen LogP contribution in [0.4, 0.5) is 5.69 Å². The minimum absolute atomic E-state index is 0.101. The molecular weight excluding hydrogens is 496 g/mol. The Balaban J connectivity index is 1.25. The zero-order valence-corrected chi connectivity index (χ0v) is 21.6. The number of hydrogen-bond acceptors (Lipinski definition) is 6. The number of sulfonamides is 1. The Morgan fingerprint density at radius 3 is 2.50 bits per heavy atom. The molecule has 0 fully saturated rings. The van der Waals surface area contributed by atoms with Gasteiger partial charge >= 0.3 is 0 Å². The van der Waals surface area contributed by atoms with Crippen molar-refractivity contribution < 1.29 is 13.2 Å². The predicted octanol–water partition coefficient (Wildman–Crippen LogP) is 5.39. The standard InChI is InChI=1S/C27H29ClN4O3S/c1-2-32(17-15-29-26-10-6-7-21-19-22(28)11-13-25(21)26)18-16-31-36(33,34)24-12-14-27(30-20-24)35-23-8-4-3-5-9-23/h3-14,19-20,29,31H,2,15-18H2,1H3. The molecule has 0 unspecified atom stereocenters. The molecule has 9 heteroatoms. The quantitative estimate of drug-likeness (QED) is 0.258. The number of halogens is 1. The maximum Gasteiger partial charge on any atom is 0.242 e. The minimum atomic E-state index is -3.67. The molecule has 0 spiro atoms. The van der Waals surface area contributed by atoms with Crippen LogP contribution in [0.5, 0.6) is 11.6 Å². The number of aromatic nitrogens is 1. The van der Waals surface area contributed by atoms with Crippen molar-refractivity contribution in [2.45, 2.75) is 11.8 Å². The Kier molecular flexibility index (Phi) is 8.77. The number of para-hydroxylation sites is 1. The molecule has 0 bridgehead atoms. The fourth-order valence-electron chi connectivity index (χ4n) is 3.80. The normalized spacial score (nSPS) is 11.6. The van der Waals surface area contributed by atoms with Crippen LogP contribution >= 0.6 is 11.6 Å². The van der Waals surface area contributed by atoms with Crippen molar-refractivity contribution in [2.75, 3.05) is 38.0 Å².